The minimum Gasteiger partial charge on any atom is -0.360 e. The fraction of sp³-hybridized carbons (Fsp3) is 0.500. The van der Waals surface area contributed by atoms with Gasteiger partial charge in [0, 0.05) is 19.6 Å². The highest BCUT2D eigenvalue weighted by Crippen LogP contribution is 2.20. The molecule has 4 nitrogen and oxygen atoms in total. The van der Waals surface area contributed by atoms with Gasteiger partial charge in [0.25, 0.3) is 0 Å². The van der Waals surface area contributed by atoms with Crippen molar-refractivity contribution in [3.63, 3.8) is 0 Å². The molecule has 0 saturated carbocycles. The van der Waals surface area contributed by atoms with Gasteiger partial charge >= 0.3 is 0 Å². The number of fused-ring (bicyclic) bond motifs is 1. The SMILES string of the molecule is CCCNc1nnc(CN2CCc3ccccc3CC2)s1. The molecule has 1 aromatic carbocycles. The molecule has 5 heteroatoms. The van der Waals surface area contributed by atoms with Gasteiger partial charge in [0.2, 0.25) is 5.13 Å². The lowest BCUT2D eigenvalue weighted by Gasteiger charge is -2.17. The summed E-state index contributed by atoms with van der Waals surface area (Å²) in [5.41, 5.74) is 3.00. The summed E-state index contributed by atoms with van der Waals surface area (Å²) in [4.78, 5) is 2.49. The fourth-order valence-electron chi connectivity index (χ4n) is 2.68. The number of aromatic nitrogens is 2. The molecule has 0 amide bonds. The summed E-state index contributed by atoms with van der Waals surface area (Å²) in [6, 6.07) is 8.81. The molecule has 0 aliphatic carbocycles. The van der Waals surface area contributed by atoms with Crippen molar-refractivity contribution >= 4 is 16.5 Å². The summed E-state index contributed by atoms with van der Waals surface area (Å²) in [6.07, 6.45) is 3.38. The van der Waals surface area contributed by atoms with Crippen molar-refractivity contribution in [2.75, 3.05) is 25.0 Å². The van der Waals surface area contributed by atoms with Crippen molar-refractivity contribution in [3.05, 3.63) is 40.4 Å². The van der Waals surface area contributed by atoms with Gasteiger partial charge < -0.3 is 5.32 Å². The lowest BCUT2D eigenvalue weighted by atomic mass is 10.0. The van der Waals surface area contributed by atoms with E-state index in [1.165, 1.54) is 11.1 Å². The van der Waals surface area contributed by atoms with Crippen LogP contribution < -0.4 is 5.32 Å². The van der Waals surface area contributed by atoms with Gasteiger partial charge in [-0.2, -0.15) is 0 Å². The number of nitrogens with zero attached hydrogens (tertiary/aromatic N) is 3. The fourth-order valence-corrected chi connectivity index (χ4v) is 3.49. The van der Waals surface area contributed by atoms with Gasteiger partial charge in [-0.3, -0.25) is 4.90 Å². The molecule has 2 heterocycles. The molecule has 112 valence electrons. The van der Waals surface area contributed by atoms with Crippen LogP contribution in [0.15, 0.2) is 24.3 Å². The van der Waals surface area contributed by atoms with E-state index in [1.807, 2.05) is 0 Å². The third-order valence-corrected chi connectivity index (χ3v) is 4.73. The number of hydrogen-bond acceptors (Lipinski definition) is 5. The van der Waals surface area contributed by atoms with Crippen LogP contribution in [0, 0.1) is 0 Å². The van der Waals surface area contributed by atoms with Crippen molar-refractivity contribution in [1.82, 2.24) is 15.1 Å². The van der Waals surface area contributed by atoms with Crippen LogP contribution >= 0.6 is 11.3 Å². The Hall–Kier alpha value is -1.46. The average Bonchev–Trinajstić information content (AvgIpc) is 2.86. The predicted octanol–water partition coefficient (Wildman–Crippen LogP) is 2.96. The molecule has 0 spiro atoms. The molecule has 1 aliphatic rings. The van der Waals surface area contributed by atoms with Crippen molar-refractivity contribution in [2.45, 2.75) is 32.7 Å². The largest absolute Gasteiger partial charge is 0.360 e. The Morgan fingerprint density at radius 2 is 1.86 bits per heavy atom. The van der Waals surface area contributed by atoms with E-state index in [-0.39, 0.29) is 0 Å². The third kappa shape index (κ3) is 3.80. The maximum absolute atomic E-state index is 4.31. The van der Waals surface area contributed by atoms with Crippen molar-refractivity contribution in [3.8, 4) is 0 Å². The first kappa shape index (κ1) is 14.5. The standard InChI is InChI=1S/C16H22N4S/c1-2-9-17-16-19-18-15(21-16)12-20-10-7-13-5-3-4-6-14(13)8-11-20/h3-6H,2,7-12H2,1H3,(H,17,19). The molecule has 0 fully saturated rings. The maximum Gasteiger partial charge on any atom is 0.205 e. The van der Waals surface area contributed by atoms with Crippen molar-refractivity contribution in [1.29, 1.82) is 0 Å². The summed E-state index contributed by atoms with van der Waals surface area (Å²) >= 11 is 1.68. The van der Waals surface area contributed by atoms with E-state index in [2.05, 4.69) is 51.6 Å². The molecule has 21 heavy (non-hydrogen) atoms. The van der Waals surface area contributed by atoms with Gasteiger partial charge in [0.1, 0.15) is 5.01 Å². The minimum atomic E-state index is 0.916. The van der Waals surface area contributed by atoms with E-state index in [4.69, 9.17) is 0 Å². The maximum atomic E-state index is 4.31. The quantitative estimate of drug-likeness (QED) is 0.922. The van der Waals surface area contributed by atoms with Crippen LogP contribution in [0.3, 0.4) is 0 Å². The van der Waals surface area contributed by atoms with Crippen LogP contribution in [0.1, 0.15) is 29.5 Å². The van der Waals surface area contributed by atoms with Crippen molar-refractivity contribution < 1.29 is 0 Å². The van der Waals surface area contributed by atoms with E-state index in [0.717, 1.165) is 55.6 Å². The molecule has 1 aliphatic heterocycles. The number of hydrogen-bond donors (Lipinski definition) is 1. The summed E-state index contributed by atoms with van der Waals surface area (Å²) in [5.74, 6) is 0. The highest BCUT2D eigenvalue weighted by atomic mass is 32.1. The zero-order chi connectivity index (χ0) is 14.5. The van der Waals surface area contributed by atoms with Crippen LogP contribution in [0.2, 0.25) is 0 Å². The summed E-state index contributed by atoms with van der Waals surface area (Å²) in [7, 11) is 0. The summed E-state index contributed by atoms with van der Waals surface area (Å²) in [6.45, 7) is 6.25. The van der Waals surface area contributed by atoms with E-state index in [1.54, 1.807) is 11.3 Å². The van der Waals surface area contributed by atoms with Crippen LogP contribution in [0.25, 0.3) is 0 Å². The monoisotopic (exact) mass is 302 g/mol. The van der Waals surface area contributed by atoms with Gasteiger partial charge in [-0.25, -0.2) is 0 Å². The zero-order valence-electron chi connectivity index (χ0n) is 12.5. The molecular formula is C16H22N4S. The second kappa shape index (κ2) is 7.00. The smallest absolute Gasteiger partial charge is 0.205 e. The zero-order valence-corrected chi connectivity index (χ0v) is 13.3. The molecule has 0 bridgehead atoms. The Balaban J connectivity index is 1.58. The first-order valence-electron chi connectivity index (χ1n) is 7.70. The number of nitrogens with one attached hydrogen (secondary N) is 1. The third-order valence-electron chi connectivity index (χ3n) is 3.87. The lowest BCUT2D eigenvalue weighted by molar-refractivity contribution is 0.278. The second-order valence-electron chi connectivity index (χ2n) is 5.47. The Bertz CT molecular complexity index is 554. The van der Waals surface area contributed by atoms with E-state index >= 15 is 0 Å². The number of anilines is 1. The van der Waals surface area contributed by atoms with Gasteiger partial charge in [-0.05, 0) is 30.4 Å². The Morgan fingerprint density at radius 3 is 2.52 bits per heavy atom. The highest BCUT2D eigenvalue weighted by Gasteiger charge is 2.15. The van der Waals surface area contributed by atoms with Crippen LogP contribution in [0.4, 0.5) is 5.13 Å². The van der Waals surface area contributed by atoms with E-state index in [0.29, 0.717) is 0 Å². The normalized spacial score (nSPS) is 15.5. The average molecular weight is 302 g/mol. The first-order chi connectivity index (χ1) is 10.3. The number of rotatable bonds is 5. The van der Waals surface area contributed by atoms with Gasteiger partial charge in [0.05, 0.1) is 6.54 Å². The molecule has 3 rings (SSSR count). The molecular weight excluding hydrogens is 280 g/mol. The van der Waals surface area contributed by atoms with Gasteiger partial charge in [-0.1, -0.05) is 42.5 Å². The molecule has 0 unspecified atom stereocenters. The van der Waals surface area contributed by atoms with E-state index in [9.17, 15) is 0 Å². The van der Waals surface area contributed by atoms with Crippen LogP contribution in [-0.2, 0) is 19.4 Å². The molecule has 0 radical (unpaired) electrons. The Labute approximate surface area is 130 Å². The molecule has 1 aromatic heterocycles. The van der Waals surface area contributed by atoms with E-state index < -0.39 is 0 Å². The number of benzene rings is 1. The lowest BCUT2D eigenvalue weighted by Crippen LogP contribution is -2.25. The first-order valence-corrected chi connectivity index (χ1v) is 8.52. The van der Waals surface area contributed by atoms with Crippen LogP contribution in [-0.4, -0.2) is 34.7 Å². The Kier molecular flexibility index (Phi) is 4.83. The molecule has 0 saturated heterocycles. The van der Waals surface area contributed by atoms with Gasteiger partial charge in [-0.15, -0.1) is 10.2 Å². The summed E-state index contributed by atoms with van der Waals surface area (Å²) < 4.78 is 0. The van der Waals surface area contributed by atoms with Crippen molar-refractivity contribution in [2.24, 2.45) is 0 Å². The van der Waals surface area contributed by atoms with Crippen LogP contribution in [0.5, 0.6) is 0 Å². The second-order valence-corrected chi connectivity index (χ2v) is 6.53. The molecule has 2 aromatic rings. The highest BCUT2D eigenvalue weighted by molar-refractivity contribution is 7.15. The summed E-state index contributed by atoms with van der Waals surface area (Å²) in [5, 5.41) is 13.9. The minimum absolute atomic E-state index is 0.916. The predicted molar refractivity (Wildman–Crippen MR) is 87.8 cm³/mol. The topological polar surface area (TPSA) is 41.1 Å². The molecule has 1 N–H and O–H groups in total. The molecule has 0 atom stereocenters. The Morgan fingerprint density at radius 1 is 1.14 bits per heavy atom. The van der Waals surface area contributed by atoms with Gasteiger partial charge in [0.15, 0.2) is 0 Å².